The van der Waals surface area contributed by atoms with Crippen LogP contribution >= 0.6 is 0 Å². The van der Waals surface area contributed by atoms with Gasteiger partial charge in [0.25, 0.3) is 0 Å². The number of benzene rings is 1. The van der Waals surface area contributed by atoms with Crippen molar-refractivity contribution in [3.05, 3.63) is 59.4 Å². The lowest BCUT2D eigenvalue weighted by Gasteiger charge is -2.13. The van der Waals surface area contributed by atoms with Crippen molar-refractivity contribution in [1.29, 1.82) is 0 Å². The van der Waals surface area contributed by atoms with Crippen molar-refractivity contribution in [1.82, 2.24) is 35.2 Å². The Labute approximate surface area is 183 Å². The van der Waals surface area contributed by atoms with E-state index in [1.165, 1.54) is 0 Å². The maximum absolute atomic E-state index is 5.43. The zero-order valence-corrected chi connectivity index (χ0v) is 18.8. The third kappa shape index (κ3) is 6.39. The normalized spacial score (nSPS) is 11.7. The van der Waals surface area contributed by atoms with Crippen molar-refractivity contribution in [2.24, 2.45) is 12.0 Å². The minimum absolute atomic E-state index is 0.522. The Kier molecular flexibility index (Phi) is 8.17. The molecule has 0 atom stereocenters. The van der Waals surface area contributed by atoms with E-state index in [9.17, 15) is 0 Å². The standard InChI is InChI=1S/C22H32N8O/c1-5-31-14-8-12-23-22(25-16-21-27-26-18(3)29(21)4)24-15-19-9-6-7-10-20(19)30-13-11-17(2)28-30/h6-7,9-11,13H,5,8,12,14-16H2,1-4H3,(H2,23,24,25). The van der Waals surface area contributed by atoms with E-state index in [0.717, 1.165) is 60.7 Å². The van der Waals surface area contributed by atoms with Crippen LogP contribution in [0.2, 0.25) is 0 Å². The Balaban J connectivity index is 1.71. The summed E-state index contributed by atoms with van der Waals surface area (Å²) in [5.41, 5.74) is 3.10. The van der Waals surface area contributed by atoms with Gasteiger partial charge in [0.1, 0.15) is 5.82 Å². The highest BCUT2D eigenvalue weighted by atomic mass is 16.5. The fourth-order valence-electron chi connectivity index (χ4n) is 3.05. The molecule has 2 N–H and O–H groups in total. The molecule has 31 heavy (non-hydrogen) atoms. The lowest BCUT2D eigenvalue weighted by molar-refractivity contribution is 0.145. The molecule has 9 heteroatoms. The van der Waals surface area contributed by atoms with E-state index in [2.05, 4.69) is 38.1 Å². The molecule has 0 amide bonds. The lowest BCUT2D eigenvalue weighted by Crippen LogP contribution is -2.38. The SMILES string of the molecule is CCOCCCNC(=NCc1ccccc1-n1ccc(C)n1)NCc1nnc(C)n1C. The number of rotatable bonds is 10. The van der Waals surface area contributed by atoms with Gasteiger partial charge in [-0.2, -0.15) is 5.10 Å². The molecular weight excluding hydrogens is 392 g/mol. The third-order valence-electron chi connectivity index (χ3n) is 4.93. The first kappa shape index (κ1) is 22.5. The fraction of sp³-hybridized carbons (Fsp3) is 0.455. The van der Waals surface area contributed by atoms with E-state index >= 15 is 0 Å². The first-order valence-electron chi connectivity index (χ1n) is 10.6. The predicted molar refractivity (Wildman–Crippen MR) is 121 cm³/mol. The quantitative estimate of drug-likeness (QED) is 0.295. The minimum Gasteiger partial charge on any atom is -0.382 e. The van der Waals surface area contributed by atoms with Gasteiger partial charge >= 0.3 is 0 Å². The molecule has 0 spiro atoms. The summed E-state index contributed by atoms with van der Waals surface area (Å²) in [6, 6.07) is 10.2. The van der Waals surface area contributed by atoms with Crippen LogP contribution in [-0.4, -0.2) is 50.3 Å². The fourth-order valence-corrected chi connectivity index (χ4v) is 3.05. The molecule has 0 aliphatic heterocycles. The van der Waals surface area contributed by atoms with E-state index in [0.29, 0.717) is 13.1 Å². The number of nitrogens with one attached hydrogen (secondary N) is 2. The predicted octanol–water partition coefficient (Wildman–Crippen LogP) is 2.28. The van der Waals surface area contributed by atoms with E-state index in [4.69, 9.17) is 9.73 Å². The Bertz CT molecular complexity index is 991. The molecule has 0 aliphatic rings. The highest BCUT2D eigenvalue weighted by molar-refractivity contribution is 5.79. The molecule has 9 nitrogen and oxygen atoms in total. The van der Waals surface area contributed by atoms with E-state index < -0.39 is 0 Å². The summed E-state index contributed by atoms with van der Waals surface area (Å²) < 4.78 is 9.29. The van der Waals surface area contributed by atoms with Crippen molar-refractivity contribution in [3.8, 4) is 5.69 Å². The summed E-state index contributed by atoms with van der Waals surface area (Å²) in [6.07, 6.45) is 2.88. The molecule has 1 aromatic carbocycles. The van der Waals surface area contributed by atoms with Gasteiger partial charge in [-0.1, -0.05) is 18.2 Å². The van der Waals surface area contributed by atoms with E-state index in [1.807, 2.05) is 61.5 Å². The van der Waals surface area contributed by atoms with Gasteiger partial charge in [-0.15, -0.1) is 10.2 Å². The number of nitrogens with zero attached hydrogens (tertiary/aromatic N) is 6. The molecule has 0 saturated carbocycles. The van der Waals surface area contributed by atoms with Gasteiger partial charge < -0.3 is 19.9 Å². The molecule has 3 aromatic rings. The minimum atomic E-state index is 0.522. The van der Waals surface area contributed by atoms with Crippen LogP contribution in [0.25, 0.3) is 5.69 Å². The molecule has 0 saturated heterocycles. The Morgan fingerprint density at radius 3 is 2.68 bits per heavy atom. The van der Waals surface area contributed by atoms with Gasteiger partial charge in [0.05, 0.1) is 24.5 Å². The van der Waals surface area contributed by atoms with Gasteiger partial charge in [0, 0.05) is 33.0 Å². The number of aromatic nitrogens is 5. The van der Waals surface area contributed by atoms with Gasteiger partial charge in [-0.05, 0) is 44.9 Å². The van der Waals surface area contributed by atoms with Gasteiger partial charge in [0.15, 0.2) is 11.8 Å². The largest absolute Gasteiger partial charge is 0.382 e. The van der Waals surface area contributed by atoms with E-state index in [1.54, 1.807) is 0 Å². The van der Waals surface area contributed by atoms with Gasteiger partial charge in [-0.3, -0.25) is 0 Å². The number of para-hydroxylation sites is 1. The number of ether oxygens (including phenoxy) is 1. The summed E-state index contributed by atoms with van der Waals surface area (Å²) >= 11 is 0. The van der Waals surface area contributed by atoms with Crippen LogP contribution in [0.5, 0.6) is 0 Å². The van der Waals surface area contributed by atoms with Crippen LogP contribution in [0.3, 0.4) is 0 Å². The van der Waals surface area contributed by atoms with Crippen LogP contribution in [0.1, 0.15) is 36.3 Å². The molecule has 3 rings (SSSR count). The lowest BCUT2D eigenvalue weighted by atomic mass is 10.2. The molecule has 0 aliphatic carbocycles. The number of aryl methyl sites for hydroxylation is 2. The van der Waals surface area contributed by atoms with Crippen LogP contribution in [0.4, 0.5) is 0 Å². The van der Waals surface area contributed by atoms with Gasteiger partial charge in [-0.25, -0.2) is 9.67 Å². The molecule has 0 radical (unpaired) electrons. The topological polar surface area (TPSA) is 94.2 Å². The van der Waals surface area contributed by atoms with E-state index in [-0.39, 0.29) is 0 Å². The van der Waals surface area contributed by atoms with Crippen LogP contribution in [0.15, 0.2) is 41.5 Å². The summed E-state index contributed by atoms with van der Waals surface area (Å²) in [5.74, 6) is 2.46. The molecular formula is C22H32N8O. The van der Waals surface area contributed by atoms with Crippen LogP contribution < -0.4 is 10.6 Å². The van der Waals surface area contributed by atoms with Crippen molar-refractivity contribution in [3.63, 3.8) is 0 Å². The Morgan fingerprint density at radius 2 is 1.97 bits per heavy atom. The second-order valence-corrected chi connectivity index (χ2v) is 7.25. The maximum atomic E-state index is 5.43. The average molecular weight is 425 g/mol. The monoisotopic (exact) mass is 424 g/mol. The Hall–Kier alpha value is -3.20. The molecule has 2 aromatic heterocycles. The molecule has 2 heterocycles. The summed E-state index contributed by atoms with van der Waals surface area (Å²) in [5, 5.41) is 19.6. The van der Waals surface area contributed by atoms with Crippen molar-refractivity contribution in [2.75, 3.05) is 19.8 Å². The second-order valence-electron chi connectivity index (χ2n) is 7.25. The smallest absolute Gasteiger partial charge is 0.191 e. The number of hydrogen-bond acceptors (Lipinski definition) is 5. The van der Waals surface area contributed by atoms with Crippen molar-refractivity contribution in [2.45, 2.75) is 40.3 Å². The molecule has 0 bridgehead atoms. The Morgan fingerprint density at radius 1 is 1.13 bits per heavy atom. The molecule has 166 valence electrons. The molecule has 0 unspecified atom stereocenters. The summed E-state index contributed by atoms with van der Waals surface area (Å²) in [7, 11) is 1.96. The molecule has 0 fully saturated rings. The zero-order chi connectivity index (χ0) is 22.1. The highest BCUT2D eigenvalue weighted by Gasteiger charge is 2.08. The maximum Gasteiger partial charge on any atom is 0.191 e. The van der Waals surface area contributed by atoms with Crippen molar-refractivity contribution >= 4 is 5.96 Å². The van der Waals surface area contributed by atoms with Gasteiger partial charge in [0.2, 0.25) is 0 Å². The highest BCUT2D eigenvalue weighted by Crippen LogP contribution is 2.15. The zero-order valence-electron chi connectivity index (χ0n) is 18.8. The third-order valence-corrected chi connectivity index (χ3v) is 4.93. The van der Waals surface area contributed by atoms with Crippen molar-refractivity contribution < 1.29 is 4.74 Å². The number of hydrogen-bond donors (Lipinski definition) is 2. The number of aliphatic imine (C=N–C) groups is 1. The second kappa shape index (κ2) is 11.3. The average Bonchev–Trinajstić information content (AvgIpc) is 3.35. The first-order valence-corrected chi connectivity index (χ1v) is 10.6. The summed E-state index contributed by atoms with van der Waals surface area (Å²) in [4.78, 5) is 4.81. The van der Waals surface area contributed by atoms with Crippen LogP contribution in [0, 0.1) is 13.8 Å². The van der Waals surface area contributed by atoms with Crippen LogP contribution in [-0.2, 0) is 24.9 Å². The number of guanidine groups is 1. The first-order chi connectivity index (χ1) is 15.1. The summed E-state index contributed by atoms with van der Waals surface area (Å²) in [6.45, 7) is 9.20.